The molecule has 1 aromatic rings. The molecule has 3 N–H and O–H groups in total. The average molecular weight is 170 g/mol. The number of nitro groups is 1. The minimum atomic E-state index is -0.678. The van der Waals surface area contributed by atoms with Gasteiger partial charge in [0.15, 0.2) is 11.5 Å². The summed E-state index contributed by atoms with van der Waals surface area (Å²) in [6.07, 6.45) is 0. The number of nitrogen functional groups attached to an aromatic ring is 1. The zero-order chi connectivity index (χ0) is 9.30. The number of nitrogens with two attached hydrogens (primary N) is 1. The monoisotopic (exact) mass is 170 g/mol. The van der Waals surface area contributed by atoms with Gasteiger partial charge in [0.05, 0.1) is 4.92 Å². The Bertz CT molecular complexity index is 342. The second kappa shape index (κ2) is 2.61. The summed E-state index contributed by atoms with van der Waals surface area (Å²) in [5.74, 6) is -0.792. The third-order valence-corrected chi connectivity index (χ3v) is 1.26. The normalized spacial score (nSPS) is 9.75. The molecule has 0 aromatic carbocycles. The van der Waals surface area contributed by atoms with Crippen LogP contribution in [0, 0.1) is 22.4 Å². The van der Waals surface area contributed by atoms with E-state index in [1.165, 1.54) is 6.92 Å². The molecule has 0 radical (unpaired) electrons. The Morgan fingerprint density at radius 2 is 2.42 bits per heavy atom. The lowest BCUT2D eigenvalue weighted by molar-refractivity contribution is -0.386. The highest BCUT2D eigenvalue weighted by molar-refractivity contribution is 5.96. The Morgan fingerprint density at radius 1 is 1.83 bits per heavy atom. The van der Waals surface area contributed by atoms with Crippen LogP contribution in [-0.2, 0) is 0 Å². The van der Waals surface area contributed by atoms with Crippen LogP contribution in [0.1, 0.15) is 11.5 Å². The van der Waals surface area contributed by atoms with Crippen molar-refractivity contribution in [2.24, 2.45) is 5.73 Å². The molecule has 0 atom stereocenters. The average Bonchev–Trinajstić information content (AvgIpc) is 2.30. The van der Waals surface area contributed by atoms with Gasteiger partial charge in [-0.1, -0.05) is 5.16 Å². The van der Waals surface area contributed by atoms with E-state index in [0.717, 1.165) is 0 Å². The summed E-state index contributed by atoms with van der Waals surface area (Å²) in [5.41, 5.74) is 4.78. The van der Waals surface area contributed by atoms with Gasteiger partial charge in [-0.15, -0.1) is 0 Å². The second-order valence-electron chi connectivity index (χ2n) is 2.12. The minimum absolute atomic E-state index is 0.116. The molecule has 0 bridgehead atoms. The third kappa shape index (κ3) is 1.11. The Morgan fingerprint density at radius 3 is 2.75 bits per heavy atom. The summed E-state index contributed by atoms with van der Waals surface area (Å²) in [6.45, 7) is 1.41. The van der Waals surface area contributed by atoms with E-state index in [0.29, 0.717) is 0 Å². The zero-order valence-electron chi connectivity index (χ0n) is 6.20. The summed E-state index contributed by atoms with van der Waals surface area (Å²) in [6, 6.07) is 0. The molecule has 7 heteroatoms. The highest BCUT2D eigenvalue weighted by Crippen LogP contribution is 2.21. The molecule has 0 saturated carbocycles. The fourth-order valence-electron chi connectivity index (χ4n) is 0.757. The van der Waals surface area contributed by atoms with E-state index in [-0.39, 0.29) is 17.1 Å². The Hall–Kier alpha value is -1.92. The standard InChI is InChI=1S/C5H6N4O3/c1-2-3(9(10)11)4(5(6)7)12-8-2/h1H3,(H3,6,7). The van der Waals surface area contributed by atoms with Gasteiger partial charge in [-0.2, -0.15) is 0 Å². The summed E-state index contributed by atoms with van der Waals surface area (Å²) >= 11 is 0. The van der Waals surface area contributed by atoms with Crippen LogP contribution < -0.4 is 5.73 Å². The maximum absolute atomic E-state index is 10.4. The van der Waals surface area contributed by atoms with Crippen molar-refractivity contribution in [3.8, 4) is 0 Å². The maximum atomic E-state index is 10.4. The second-order valence-corrected chi connectivity index (χ2v) is 2.12. The largest absolute Gasteiger partial charge is 0.381 e. The van der Waals surface area contributed by atoms with E-state index in [9.17, 15) is 10.1 Å². The summed E-state index contributed by atoms with van der Waals surface area (Å²) in [4.78, 5) is 9.68. The molecule has 1 aromatic heterocycles. The fourth-order valence-corrected chi connectivity index (χ4v) is 0.757. The van der Waals surface area contributed by atoms with Crippen molar-refractivity contribution in [1.29, 1.82) is 5.41 Å². The van der Waals surface area contributed by atoms with E-state index in [1.807, 2.05) is 0 Å². The zero-order valence-corrected chi connectivity index (χ0v) is 6.20. The van der Waals surface area contributed by atoms with Crippen molar-refractivity contribution in [3.63, 3.8) is 0 Å². The molecule has 1 rings (SSSR count). The number of aryl methyl sites for hydroxylation is 1. The molecule has 64 valence electrons. The van der Waals surface area contributed by atoms with Gasteiger partial charge in [0, 0.05) is 0 Å². The van der Waals surface area contributed by atoms with E-state index in [2.05, 4.69) is 9.68 Å². The van der Waals surface area contributed by atoms with Crippen LogP contribution >= 0.6 is 0 Å². The van der Waals surface area contributed by atoms with Gasteiger partial charge in [-0.3, -0.25) is 15.5 Å². The minimum Gasteiger partial charge on any atom is -0.381 e. The van der Waals surface area contributed by atoms with Crippen LogP contribution in [-0.4, -0.2) is 15.9 Å². The van der Waals surface area contributed by atoms with Gasteiger partial charge in [-0.05, 0) is 6.92 Å². The number of hydrogen-bond acceptors (Lipinski definition) is 5. The van der Waals surface area contributed by atoms with Crippen LogP contribution in [0.25, 0.3) is 0 Å². The van der Waals surface area contributed by atoms with Crippen LogP contribution in [0.4, 0.5) is 5.69 Å². The van der Waals surface area contributed by atoms with Gasteiger partial charge in [-0.25, -0.2) is 0 Å². The number of aromatic nitrogens is 1. The topological polar surface area (TPSA) is 119 Å². The summed E-state index contributed by atoms with van der Waals surface area (Å²) in [7, 11) is 0. The van der Waals surface area contributed by atoms with Crippen LogP contribution in [0.3, 0.4) is 0 Å². The SMILES string of the molecule is Cc1noc(C(=N)N)c1[N+](=O)[O-]. The number of amidine groups is 1. The van der Waals surface area contributed by atoms with Crippen LogP contribution in [0.15, 0.2) is 4.52 Å². The quantitative estimate of drug-likeness (QED) is 0.284. The molecule has 7 nitrogen and oxygen atoms in total. The predicted molar refractivity (Wildman–Crippen MR) is 38.9 cm³/mol. The van der Waals surface area contributed by atoms with Crippen LogP contribution in [0.2, 0.25) is 0 Å². The lowest BCUT2D eigenvalue weighted by atomic mass is 10.3. The molecule has 0 unspecified atom stereocenters. The van der Waals surface area contributed by atoms with Crippen molar-refractivity contribution in [2.75, 3.05) is 0 Å². The number of nitrogens with zero attached hydrogens (tertiary/aromatic N) is 2. The first kappa shape index (κ1) is 8.18. The molecule has 1 heterocycles. The first-order valence-electron chi connectivity index (χ1n) is 2.99. The summed E-state index contributed by atoms with van der Waals surface area (Å²) < 4.78 is 4.48. The maximum Gasteiger partial charge on any atom is 0.342 e. The van der Waals surface area contributed by atoms with Gasteiger partial charge < -0.3 is 10.3 Å². The number of nitrogens with one attached hydrogen (secondary N) is 1. The summed E-state index contributed by atoms with van der Waals surface area (Å²) in [5, 5.41) is 20.6. The van der Waals surface area contributed by atoms with E-state index >= 15 is 0 Å². The third-order valence-electron chi connectivity index (χ3n) is 1.26. The molecule has 0 aliphatic heterocycles. The van der Waals surface area contributed by atoms with Crippen molar-refractivity contribution < 1.29 is 9.45 Å². The van der Waals surface area contributed by atoms with Crippen molar-refractivity contribution in [2.45, 2.75) is 6.92 Å². The molecule has 0 amide bonds. The predicted octanol–water partition coefficient (Wildman–Crippen LogP) is 0.175. The van der Waals surface area contributed by atoms with E-state index in [4.69, 9.17) is 11.1 Å². The van der Waals surface area contributed by atoms with Gasteiger partial charge in [0.2, 0.25) is 0 Å². The molecule has 0 fully saturated rings. The van der Waals surface area contributed by atoms with Crippen LogP contribution in [0.5, 0.6) is 0 Å². The number of hydrogen-bond donors (Lipinski definition) is 2. The first-order chi connectivity index (χ1) is 5.54. The molecule has 0 saturated heterocycles. The molecule has 0 spiro atoms. The van der Waals surface area contributed by atoms with Gasteiger partial charge in [0.1, 0.15) is 0 Å². The molecule has 0 aliphatic rings. The lowest BCUT2D eigenvalue weighted by Gasteiger charge is -1.89. The van der Waals surface area contributed by atoms with Gasteiger partial charge in [0.25, 0.3) is 5.76 Å². The van der Waals surface area contributed by atoms with Crippen molar-refractivity contribution in [3.05, 3.63) is 21.6 Å². The Kier molecular flexibility index (Phi) is 1.78. The fraction of sp³-hybridized carbons (Fsp3) is 0.200. The number of rotatable bonds is 2. The highest BCUT2D eigenvalue weighted by Gasteiger charge is 2.25. The molecular formula is C5H6N4O3. The highest BCUT2D eigenvalue weighted by atomic mass is 16.6. The van der Waals surface area contributed by atoms with E-state index in [1.54, 1.807) is 0 Å². The molecule has 0 aliphatic carbocycles. The molecular weight excluding hydrogens is 164 g/mol. The van der Waals surface area contributed by atoms with Crippen molar-refractivity contribution in [1.82, 2.24) is 5.16 Å². The first-order valence-corrected chi connectivity index (χ1v) is 2.99. The van der Waals surface area contributed by atoms with Gasteiger partial charge >= 0.3 is 5.69 Å². The smallest absolute Gasteiger partial charge is 0.342 e. The van der Waals surface area contributed by atoms with Crippen molar-refractivity contribution >= 4 is 11.5 Å². The Balaban J connectivity index is 3.31. The molecule has 12 heavy (non-hydrogen) atoms. The Labute approximate surface area is 66.8 Å². The lowest BCUT2D eigenvalue weighted by Crippen LogP contribution is -2.11. The van der Waals surface area contributed by atoms with E-state index < -0.39 is 10.8 Å².